The number of nitrogens with zero attached hydrogens (tertiary/aromatic N) is 5. The van der Waals surface area contributed by atoms with Crippen LogP contribution in [0.4, 0.5) is 11.5 Å². The number of benzene rings is 2. The highest BCUT2D eigenvalue weighted by Gasteiger charge is 2.26. The summed E-state index contributed by atoms with van der Waals surface area (Å²) in [5.41, 5.74) is 3.93. The Morgan fingerprint density at radius 3 is 2.49 bits per heavy atom. The van der Waals surface area contributed by atoms with Crippen LogP contribution in [0.1, 0.15) is 38.6 Å². The molecule has 0 saturated carbocycles. The minimum absolute atomic E-state index is 0.0383. The van der Waals surface area contributed by atoms with Crippen molar-refractivity contribution in [2.24, 2.45) is 0 Å². The van der Waals surface area contributed by atoms with E-state index in [1.165, 1.54) is 6.07 Å². The number of carbonyl (C=O) groups excluding carboxylic acids is 1. The van der Waals surface area contributed by atoms with Crippen molar-refractivity contribution in [2.75, 3.05) is 38.2 Å². The zero-order valence-corrected chi connectivity index (χ0v) is 20.4. The fourth-order valence-electron chi connectivity index (χ4n) is 4.42. The number of carbonyl (C=O) groups is 1. The first-order chi connectivity index (χ1) is 16.8. The number of rotatable bonds is 6. The molecule has 1 aromatic heterocycles. The Hall–Kier alpha value is -4.01. The standard InChI is InChI=1S/C26H29N5O4/c1-17-8-9-21(16-24(17)31(33)34)26(32)30-12-10-29(11-13-30)25-23(18(2)27-19(3)28-25)15-20-6-5-7-22(14-20)35-4/h5-9,14,16H,10-13,15H2,1-4H3. The molecule has 0 spiro atoms. The van der Waals surface area contributed by atoms with Crippen LogP contribution >= 0.6 is 0 Å². The molecule has 0 aliphatic carbocycles. The number of hydrogen-bond donors (Lipinski definition) is 0. The van der Waals surface area contributed by atoms with Gasteiger partial charge in [0.1, 0.15) is 17.4 Å². The van der Waals surface area contributed by atoms with Crippen molar-refractivity contribution in [3.63, 3.8) is 0 Å². The highest BCUT2D eigenvalue weighted by molar-refractivity contribution is 5.95. The van der Waals surface area contributed by atoms with Crippen molar-refractivity contribution < 1.29 is 14.5 Å². The number of hydrogen-bond acceptors (Lipinski definition) is 7. The quantitative estimate of drug-likeness (QED) is 0.394. The summed E-state index contributed by atoms with van der Waals surface area (Å²) in [6.45, 7) is 7.78. The van der Waals surface area contributed by atoms with Gasteiger partial charge in [-0.3, -0.25) is 14.9 Å². The van der Waals surface area contributed by atoms with Crippen molar-refractivity contribution in [2.45, 2.75) is 27.2 Å². The summed E-state index contributed by atoms with van der Waals surface area (Å²) in [5.74, 6) is 2.20. The number of nitro benzene ring substituents is 1. The molecule has 1 saturated heterocycles. The Balaban J connectivity index is 1.53. The molecule has 0 unspecified atom stereocenters. The summed E-state index contributed by atoms with van der Waals surface area (Å²) in [4.78, 5) is 37.2. The van der Waals surface area contributed by atoms with Gasteiger partial charge < -0.3 is 14.5 Å². The van der Waals surface area contributed by atoms with Crippen molar-refractivity contribution in [3.05, 3.63) is 86.4 Å². The molecule has 9 nitrogen and oxygen atoms in total. The summed E-state index contributed by atoms with van der Waals surface area (Å²) < 4.78 is 5.37. The maximum Gasteiger partial charge on any atom is 0.273 e. The predicted octanol–water partition coefficient (Wildman–Crippen LogP) is 3.87. The van der Waals surface area contributed by atoms with Gasteiger partial charge >= 0.3 is 0 Å². The first kappa shape index (κ1) is 24.1. The number of aryl methyl sites for hydroxylation is 3. The van der Waals surface area contributed by atoms with Crippen LogP contribution in [0.25, 0.3) is 0 Å². The number of methoxy groups -OCH3 is 1. The first-order valence-electron chi connectivity index (χ1n) is 11.5. The molecule has 0 N–H and O–H groups in total. The normalized spacial score (nSPS) is 13.6. The topological polar surface area (TPSA) is 102 Å². The number of anilines is 1. The third-order valence-electron chi connectivity index (χ3n) is 6.34. The van der Waals surface area contributed by atoms with Crippen molar-refractivity contribution in [3.8, 4) is 5.75 Å². The zero-order chi connectivity index (χ0) is 25.1. The third kappa shape index (κ3) is 5.24. The van der Waals surface area contributed by atoms with E-state index in [4.69, 9.17) is 9.72 Å². The molecule has 2 aromatic carbocycles. The van der Waals surface area contributed by atoms with Gasteiger partial charge in [-0.25, -0.2) is 9.97 Å². The minimum atomic E-state index is -0.451. The van der Waals surface area contributed by atoms with E-state index in [0.717, 1.165) is 28.4 Å². The van der Waals surface area contributed by atoms with Crippen LogP contribution < -0.4 is 9.64 Å². The van der Waals surface area contributed by atoms with Gasteiger partial charge in [0.05, 0.1) is 12.0 Å². The molecule has 0 bridgehead atoms. The van der Waals surface area contributed by atoms with E-state index in [2.05, 4.69) is 16.0 Å². The second kappa shape index (κ2) is 10.1. The average molecular weight is 476 g/mol. The molecule has 1 fully saturated rings. The maximum absolute atomic E-state index is 13.1. The lowest BCUT2D eigenvalue weighted by Crippen LogP contribution is -2.49. The second-order valence-corrected chi connectivity index (χ2v) is 8.72. The van der Waals surface area contributed by atoms with Gasteiger partial charge in [-0.15, -0.1) is 0 Å². The Morgan fingerprint density at radius 2 is 1.80 bits per heavy atom. The van der Waals surface area contributed by atoms with Crippen molar-refractivity contribution >= 4 is 17.4 Å². The van der Waals surface area contributed by atoms with Crippen molar-refractivity contribution in [1.82, 2.24) is 14.9 Å². The lowest BCUT2D eigenvalue weighted by atomic mass is 10.0. The predicted molar refractivity (Wildman–Crippen MR) is 133 cm³/mol. The summed E-state index contributed by atoms with van der Waals surface area (Å²) >= 11 is 0. The summed E-state index contributed by atoms with van der Waals surface area (Å²) in [5, 5.41) is 11.3. The number of aromatic nitrogens is 2. The number of piperazine rings is 1. The van der Waals surface area contributed by atoms with E-state index in [9.17, 15) is 14.9 Å². The molecule has 182 valence electrons. The molecule has 0 radical (unpaired) electrons. The lowest BCUT2D eigenvalue weighted by Gasteiger charge is -2.36. The third-order valence-corrected chi connectivity index (χ3v) is 6.34. The van der Waals surface area contributed by atoms with Crippen LogP contribution in [-0.4, -0.2) is 59.0 Å². The van der Waals surface area contributed by atoms with Gasteiger partial charge in [-0.2, -0.15) is 0 Å². The Kier molecular flexibility index (Phi) is 6.95. The summed E-state index contributed by atoms with van der Waals surface area (Å²) in [6, 6.07) is 12.6. The van der Waals surface area contributed by atoms with Crippen molar-refractivity contribution in [1.29, 1.82) is 0 Å². The molecule has 0 atom stereocenters. The number of ether oxygens (including phenoxy) is 1. The number of amides is 1. The molecule has 1 aliphatic rings. The van der Waals surface area contributed by atoms with Crippen LogP contribution in [0.5, 0.6) is 5.75 Å². The maximum atomic E-state index is 13.1. The van der Waals surface area contributed by atoms with E-state index in [1.54, 1.807) is 31.1 Å². The van der Waals surface area contributed by atoms with Crippen LogP contribution in [0.2, 0.25) is 0 Å². The lowest BCUT2D eigenvalue weighted by molar-refractivity contribution is -0.385. The van der Waals surface area contributed by atoms with Gasteiger partial charge in [-0.05, 0) is 44.5 Å². The molecular weight excluding hydrogens is 446 g/mol. The molecule has 4 rings (SSSR count). The molecule has 1 amide bonds. The second-order valence-electron chi connectivity index (χ2n) is 8.72. The number of nitro groups is 1. The largest absolute Gasteiger partial charge is 0.497 e. The zero-order valence-electron chi connectivity index (χ0n) is 20.4. The molecule has 2 heterocycles. The van der Waals surface area contributed by atoms with Crippen LogP contribution in [0.15, 0.2) is 42.5 Å². The highest BCUT2D eigenvalue weighted by Crippen LogP contribution is 2.27. The first-order valence-corrected chi connectivity index (χ1v) is 11.5. The van der Waals surface area contributed by atoms with Gasteiger partial charge in [0.25, 0.3) is 11.6 Å². The van der Waals surface area contributed by atoms with Gasteiger partial charge in [-0.1, -0.05) is 18.2 Å². The van der Waals surface area contributed by atoms with E-state index in [1.807, 2.05) is 32.0 Å². The minimum Gasteiger partial charge on any atom is -0.497 e. The molecule has 9 heteroatoms. The Bertz CT molecular complexity index is 1270. The summed E-state index contributed by atoms with van der Waals surface area (Å²) in [7, 11) is 1.65. The van der Waals surface area contributed by atoms with Gasteiger partial charge in [0.2, 0.25) is 0 Å². The summed E-state index contributed by atoms with van der Waals surface area (Å²) in [6.07, 6.45) is 0.671. The fourth-order valence-corrected chi connectivity index (χ4v) is 4.42. The fraction of sp³-hybridized carbons (Fsp3) is 0.346. The monoisotopic (exact) mass is 475 g/mol. The average Bonchev–Trinajstić information content (AvgIpc) is 2.85. The van der Waals surface area contributed by atoms with Crippen LogP contribution in [0.3, 0.4) is 0 Å². The smallest absolute Gasteiger partial charge is 0.273 e. The van der Waals surface area contributed by atoms with E-state index < -0.39 is 4.92 Å². The van der Waals surface area contributed by atoms with E-state index in [-0.39, 0.29) is 11.6 Å². The Labute approximate surface area is 204 Å². The molecule has 35 heavy (non-hydrogen) atoms. The molecule has 1 aliphatic heterocycles. The molecule has 3 aromatic rings. The van der Waals surface area contributed by atoms with Gasteiger partial charge in [0.15, 0.2) is 0 Å². The van der Waals surface area contributed by atoms with Crippen LogP contribution in [-0.2, 0) is 6.42 Å². The van der Waals surface area contributed by atoms with Gasteiger partial charge in [0, 0.05) is 61.1 Å². The van der Waals surface area contributed by atoms with Crippen LogP contribution in [0, 0.1) is 30.9 Å². The van der Waals surface area contributed by atoms with E-state index in [0.29, 0.717) is 49.6 Å². The molecular formula is C26H29N5O4. The van der Waals surface area contributed by atoms with E-state index >= 15 is 0 Å². The Morgan fingerprint density at radius 1 is 1.06 bits per heavy atom. The SMILES string of the molecule is COc1cccc(Cc2c(C)nc(C)nc2N2CCN(C(=O)c3ccc(C)c([N+](=O)[O-])c3)CC2)c1. The highest BCUT2D eigenvalue weighted by atomic mass is 16.6.